The Morgan fingerprint density at radius 3 is 2.68 bits per heavy atom. The smallest absolute Gasteiger partial charge is 0.219 e. The van der Waals surface area contributed by atoms with E-state index in [1.54, 1.807) is 19.1 Å². The number of benzene rings is 1. The van der Waals surface area contributed by atoms with E-state index in [4.69, 9.17) is 21.3 Å². The Hall–Kier alpha value is -2.12. The summed E-state index contributed by atoms with van der Waals surface area (Å²) in [5.74, 6) is -2.06. The molecule has 3 nitrogen and oxygen atoms in total. The highest BCUT2D eigenvalue weighted by molar-refractivity contribution is 6.31. The minimum atomic E-state index is -1.32. The van der Waals surface area contributed by atoms with Crippen LogP contribution in [0.1, 0.15) is 27.8 Å². The zero-order chi connectivity index (χ0) is 14.0. The first kappa shape index (κ1) is 13.3. The van der Waals surface area contributed by atoms with Crippen LogP contribution in [0.2, 0.25) is 5.02 Å². The Balaban J connectivity index is 2.47. The van der Waals surface area contributed by atoms with Crippen molar-refractivity contribution in [1.82, 2.24) is 0 Å². The van der Waals surface area contributed by atoms with Crippen molar-refractivity contribution in [3.8, 4) is 6.07 Å². The Morgan fingerprint density at radius 2 is 2.16 bits per heavy atom. The number of hydrogen-bond acceptors (Lipinski definition) is 3. The number of furan rings is 1. The molecule has 1 heterocycles. The van der Waals surface area contributed by atoms with Crippen molar-refractivity contribution in [2.24, 2.45) is 0 Å². The lowest BCUT2D eigenvalue weighted by atomic mass is 9.94. The van der Waals surface area contributed by atoms with Gasteiger partial charge in [0.05, 0.1) is 6.07 Å². The summed E-state index contributed by atoms with van der Waals surface area (Å²) in [6, 6.07) is 8.84. The molecule has 1 aromatic carbocycles. The van der Waals surface area contributed by atoms with Crippen LogP contribution in [0.25, 0.3) is 0 Å². The first-order chi connectivity index (χ1) is 9.04. The fraction of sp³-hybridized carbons (Fsp3) is 0.143. The van der Waals surface area contributed by atoms with Crippen LogP contribution >= 0.6 is 11.6 Å². The van der Waals surface area contributed by atoms with Gasteiger partial charge in [-0.05, 0) is 31.2 Å². The zero-order valence-electron chi connectivity index (χ0n) is 9.98. The van der Waals surface area contributed by atoms with Crippen LogP contribution in [-0.2, 0) is 0 Å². The van der Waals surface area contributed by atoms with E-state index in [1.165, 1.54) is 18.2 Å². The highest BCUT2D eigenvalue weighted by atomic mass is 35.5. The maximum Gasteiger partial charge on any atom is 0.219 e. The van der Waals surface area contributed by atoms with Gasteiger partial charge in [-0.1, -0.05) is 17.7 Å². The van der Waals surface area contributed by atoms with Gasteiger partial charge >= 0.3 is 0 Å². The summed E-state index contributed by atoms with van der Waals surface area (Å²) in [5.41, 5.74) is -0.120. The number of carbonyl (C=O) groups is 1. The molecule has 0 amide bonds. The van der Waals surface area contributed by atoms with Crippen molar-refractivity contribution in [3.63, 3.8) is 0 Å². The molecule has 2 aromatic rings. The van der Waals surface area contributed by atoms with E-state index < -0.39 is 17.5 Å². The third kappa shape index (κ3) is 2.51. The van der Waals surface area contributed by atoms with Gasteiger partial charge in [-0.25, -0.2) is 4.39 Å². The van der Waals surface area contributed by atoms with Crippen LogP contribution in [0.15, 0.2) is 34.7 Å². The lowest BCUT2D eigenvalue weighted by Crippen LogP contribution is -2.12. The molecular weight excluding hydrogens is 269 g/mol. The molecule has 1 unspecified atom stereocenters. The molecule has 0 radical (unpaired) electrons. The van der Waals surface area contributed by atoms with Crippen molar-refractivity contribution < 1.29 is 13.6 Å². The highest BCUT2D eigenvalue weighted by Crippen LogP contribution is 2.30. The molecule has 2 rings (SSSR count). The Bertz CT molecular complexity index is 652. The van der Waals surface area contributed by atoms with Crippen molar-refractivity contribution >= 4 is 17.4 Å². The molecule has 0 fully saturated rings. The summed E-state index contributed by atoms with van der Waals surface area (Å²) in [5, 5.41) is 9.17. The monoisotopic (exact) mass is 277 g/mol. The lowest BCUT2D eigenvalue weighted by molar-refractivity contribution is 0.0949. The second kappa shape index (κ2) is 5.25. The molecule has 1 aromatic heterocycles. The standard InChI is InChI=1S/C14H9ClFNO2/c1-8-5-6-12(19-8)14(18)9(7-17)13-10(15)3-2-4-11(13)16/h2-6,9H,1H3. The van der Waals surface area contributed by atoms with Gasteiger partial charge in [-0.15, -0.1) is 0 Å². The summed E-state index contributed by atoms with van der Waals surface area (Å²) in [4.78, 5) is 12.2. The molecule has 0 aliphatic heterocycles. The molecule has 5 heteroatoms. The Labute approximate surface area is 114 Å². The summed E-state index contributed by atoms with van der Waals surface area (Å²) in [6.07, 6.45) is 0. The topological polar surface area (TPSA) is 54.0 Å². The fourth-order valence-electron chi connectivity index (χ4n) is 1.75. The number of carbonyl (C=O) groups excluding carboxylic acids is 1. The zero-order valence-corrected chi connectivity index (χ0v) is 10.7. The summed E-state index contributed by atoms with van der Waals surface area (Å²) in [7, 11) is 0. The van der Waals surface area contributed by atoms with Crippen molar-refractivity contribution in [2.75, 3.05) is 0 Å². The number of rotatable bonds is 3. The number of ketones is 1. The van der Waals surface area contributed by atoms with Gasteiger partial charge in [0.2, 0.25) is 5.78 Å². The molecule has 19 heavy (non-hydrogen) atoms. The molecule has 0 N–H and O–H groups in total. The predicted octanol–water partition coefficient (Wildman–Crippen LogP) is 3.87. The molecular formula is C14H9ClFNO2. The third-order valence-electron chi connectivity index (χ3n) is 2.66. The minimum Gasteiger partial charge on any atom is -0.458 e. The number of aryl methyl sites for hydroxylation is 1. The van der Waals surface area contributed by atoms with E-state index in [1.807, 2.05) is 0 Å². The number of hydrogen-bond donors (Lipinski definition) is 0. The largest absolute Gasteiger partial charge is 0.458 e. The van der Waals surface area contributed by atoms with Gasteiger partial charge in [0.15, 0.2) is 5.76 Å². The maximum absolute atomic E-state index is 13.8. The van der Waals surface area contributed by atoms with Crippen molar-refractivity contribution in [2.45, 2.75) is 12.8 Å². The Kier molecular flexibility index (Phi) is 3.68. The molecule has 1 atom stereocenters. The molecule has 0 saturated heterocycles. The summed E-state index contributed by atoms with van der Waals surface area (Å²) < 4.78 is 18.9. The molecule has 96 valence electrons. The molecule has 0 aliphatic rings. The third-order valence-corrected chi connectivity index (χ3v) is 2.99. The second-order valence-electron chi connectivity index (χ2n) is 3.97. The number of nitrogens with zero attached hydrogens (tertiary/aromatic N) is 1. The predicted molar refractivity (Wildman–Crippen MR) is 67.5 cm³/mol. The minimum absolute atomic E-state index is 0.0170. The molecule has 0 bridgehead atoms. The van der Waals surface area contributed by atoms with Gasteiger partial charge in [0.25, 0.3) is 0 Å². The van der Waals surface area contributed by atoms with Crippen LogP contribution in [0.5, 0.6) is 0 Å². The number of nitriles is 1. The van der Waals surface area contributed by atoms with Gasteiger partial charge in [0, 0.05) is 10.6 Å². The number of Topliss-reactive ketones (excluding diaryl/α,β-unsaturated/α-hetero) is 1. The van der Waals surface area contributed by atoms with Gasteiger partial charge < -0.3 is 4.42 Å². The average molecular weight is 278 g/mol. The van der Waals surface area contributed by atoms with Crippen LogP contribution in [0.4, 0.5) is 4.39 Å². The average Bonchev–Trinajstić information content (AvgIpc) is 2.80. The van der Waals surface area contributed by atoms with Crippen molar-refractivity contribution in [1.29, 1.82) is 5.26 Å². The fourth-order valence-corrected chi connectivity index (χ4v) is 2.02. The SMILES string of the molecule is Cc1ccc(C(=O)C(C#N)c2c(F)cccc2Cl)o1. The maximum atomic E-state index is 13.8. The van der Waals surface area contributed by atoms with E-state index >= 15 is 0 Å². The molecule has 0 spiro atoms. The Morgan fingerprint density at radius 1 is 1.42 bits per heavy atom. The van der Waals surface area contributed by atoms with Crippen LogP contribution < -0.4 is 0 Å². The van der Waals surface area contributed by atoms with E-state index in [0.29, 0.717) is 5.76 Å². The summed E-state index contributed by atoms with van der Waals surface area (Å²) >= 11 is 5.87. The highest BCUT2D eigenvalue weighted by Gasteiger charge is 2.28. The molecule has 0 saturated carbocycles. The van der Waals surface area contributed by atoms with E-state index in [2.05, 4.69) is 0 Å². The van der Waals surface area contributed by atoms with E-state index in [-0.39, 0.29) is 16.3 Å². The van der Waals surface area contributed by atoms with Gasteiger partial charge in [-0.2, -0.15) is 5.26 Å². The van der Waals surface area contributed by atoms with Crippen LogP contribution in [0, 0.1) is 24.1 Å². The quantitative estimate of drug-likeness (QED) is 0.800. The van der Waals surface area contributed by atoms with E-state index in [9.17, 15) is 9.18 Å². The first-order valence-electron chi connectivity index (χ1n) is 5.48. The normalized spacial score (nSPS) is 11.9. The van der Waals surface area contributed by atoms with Gasteiger partial charge in [-0.3, -0.25) is 4.79 Å². The first-order valence-corrected chi connectivity index (χ1v) is 5.86. The number of halogens is 2. The van der Waals surface area contributed by atoms with Crippen LogP contribution in [0.3, 0.4) is 0 Å². The van der Waals surface area contributed by atoms with Crippen LogP contribution in [-0.4, -0.2) is 5.78 Å². The van der Waals surface area contributed by atoms with E-state index in [0.717, 1.165) is 6.07 Å². The van der Waals surface area contributed by atoms with Crippen molar-refractivity contribution in [3.05, 3.63) is 58.3 Å². The second-order valence-corrected chi connectivity index (χ2v) is 4.38. The molecule has 0 aliphatic carbocycles. The van der Waals surface area contributed by atoms with Gasteiger partial charge in [0.1, 0.15) is 17.5 Å². The lowest BCUT2D eigenvalue weighted by Gasteiger charge is -2.09. The summed E-state index contributed by atoms with van der Waals surface area (Å²) in [6.45, 7) is 1.67.